The molecular weight excluding hydrogens is 314 g/mol. The fourth-order valence-electron chi connectivity index (χ4n) is 2.18. The van der Waals surface area contributed by atoms with Crippen molar-refractivity contribution in [2.75, 3.05) is 5.73 Å². The van der Waals surface area contributed by atoms with Crippen molar-refractivity contribution in [3.63, 3.8) is 0 Å². The Morgan fingerprint density at radius 1 is 0.913 bits per heavy atom. The van der Waals surface area contributed by atoms with Gasteiger partial charge in [-0.25, -0.2) is 0 Å². The summed E-state index contributed by atoms with van der Waals surface area (Å²) in [5.74, 6) is 0. The summed E-state index contributed by atoms with van der Waals surface area (Å²) in [6.45, 7) is 0. The van der Waals surface area contributed by atoms with Crippen LogP contribution in [0.25, 0.3) is 10.8 Å². The summed E-state index contributed by atoms with van der Waals surface area (Å²) in [6.07, 6.45) is 0. The first-order valence-corrected chi connectivity index (χ1v) is 8.16. The highest BCUT2D eigenvalue weighted by Gasteiger charge is 2.12. The van der Waals surface area contributed by atoms with E-state index in [1.807, 2.05) is 18.2 Å². The molecule has 7 heteroatoms. The molecule has 0 atom stereocenters. The van der Waals surface area contributed by atoms with Crippen LogP contribution in [0.15, 0.2) is 75.8 Å². The largest absolute Gasteiger partial charge is 0.397 e. The maximum absolute atomic E-state index is 11.2. The predicted molar refractivity (Wildman–Crippen MR) is 88.8 cm³/mol. The van der Waals surface area contributed by atoms with Crippen LogP contribution in [0.3, 0.4) is 0 Å². The summed E-state index contributed by atoms with van der Waals surface area (Å²) < 4.78 is 31.6. The van der Waals surface area contributed by atoms with Crippen LogP contribution in [-0.4, -0.2) is 13.0 Å². The van der Waals surface area contributed by atoms with E-state index < -0.39 is 10.1 Å². The molecule has 0 radical (unpaired) electrons. The van der Waals surface area contributed by atoms with E-state index in [1.165, 1.54) is 12.1 Å². The lowest BCUT2D eigenvalue weighted by Gasteiger charge is -2.06. The summed E-state index contributed by atoms with van der Waals surface area (Å²) in [6, 6.07) is 16.7. The second-order valence-electron chi connectivity index (χ2n) is 4.90. The smallest absolute Gasteiger partial charge is 0.294 e. The van der Waals surface area contributed by atoms with Crippen LogP contribution >= 0.6 is 0 Å². The van der Waals surface area contributed by atoms with Gasteiger partial charge in [-0.1, -0.05) is 30.3 Å². The normalized spacial score (nSPS) is 12.0. The van der Waals surface area contributed by atoms with Crippen molar-refractivity contribution in [3.05, 3.63) is 60.7 Å². The monoisotopic (exact) mass is 327 g/mol. The van der Waals surface area contributed by atoms with Crippen molar-refractivity contribution in [3.8, 4) is 0 Å². The topological polar surface area (TPSA) is 105 Å². The number of fused-ring (bicyclic) bond motifs is 1. The molecule has 0 aliphatic heterocycles. The van der Waals surface area contributed by atoms with Gasteiger partial charge in [0.2, 0.25) is 0 Å². The average molecular weight is 327 g/mol. The highest BCUT2D eigenvalue weighted by Crippen LogP contribution is 2.34. The zero-order chi connectivity index (χ0) is 16.4. The fourth-order valence-corrected chi connectivity index (χ4v) is 2.70. The molecule has 3 rings (SSSR count). The van der Waals surface area contributed by atoms with Gasteiger partial charge in [0.05, 0.1) is 16.3 Å². The third kappa shape index (κ3) is 3.20. The molecule has 116 valence electrons. The van der Waals surface area contributed by atoms with E-state index >= 15 is 0 Å². The zero-order valence-corrected chi connectivity index (χ0v) is 12.7. The van der Waals surface area contributed by atoms with Crippen molar-refractivity contribution in [2.45, 2.75) is 4.90 Å². The molecule has 6 nitrogen and oxygen atoms in total. The van der Waals surface area contributed by atoms with E-state index in [0.29, 0.717) is 27.8 Å². The van der Waals surface area contributed by atoms with Crippen molar-refractivity contribution in [2.24, 2.45) is 10.2 Å². The molecule has 0 saturated carbocycles. The standard InChI is InChI=1S/C16H13N3O3S/c17-15-9-6-11-10-13(23(20,21)22)7-8-14(11)16(15)19-18-12-4-2-1-3-5-12/h1-10H,17H2,(H,20,21,22). The van der Waals surface area contributed by atoms with Crippen LogP contribution in [0, 0.1) is 0 Å². The first-order valence-electron chi connectivity index (χ1n) is 6.72. The Balaban J connectivity index is 2.13. The van der Waals surface area contributed by atoms with Crippen LogP contribution in [0.4, 0.5) is 17.1 Å². The molecule has 0 aliphatic carbocycles. The number of nitrogens with zero attached hydrogens (tertiary/aromatic N) is 2. The van der Waals surface area contributed by atoms with E-state index in [4.69, 9.17) is 10.3 Å². The lowest BCUT2D eigenvalue weighted by molar-refractivity contribution is 0.483. The lowest BCUT2D eigenvalue weighted by Crippen LogP contribution is -1.97. The van der Waals surface area contributed by atoms with Gasteiger partial charge in [0.25, 0.3) is 10.1 Å². The van der Waals surface area contributed by atoms with Crippen molar-refractivity contribution in [1.29, 1.82) is 0 Å². The number of anilines is 1. The van der Waals surface area contributed by atoms with Gasteiger partial charge in [-0.2, -0.15) is 13.5 Å². The molecule has 0 aromatic heterocycles. The molecule has 0 heterocycles. The molecule has 3 aromatic carbocycles. The molecule has 0 fully saturated rings. The summed E-state index contributed by atoms with van der Waals surface area (Å²) in [5.41, 5.74) is 7.51. The van der Waals surface area contributed by atoms with Crippen molar-refractivity contribution < 1.29 is 13.0 Å². The zero-order valence-electron chi connectivity index (χ0n) is 11.9. The first kappa shape index (κ1) is 15.1. The van der Waals surface area contributed by atoms with Gasteiger partial charge in [-0.15, -0.1) is 5.11 Å². The van der Waals surface area contributed by atoms with Gasteiger partial charge < -0.3 is 5.73 Å². The summed E-state index contributed by atoms with van der Waals surface area (Å²) in [4.78, 5) is -0.180. The average Bonchev–Trinajstić information content (AvgIpc) is 2.53. The molecular formula is C16H13N3O3S. The van der Waals surface area contributed by atoms with Crippen LogP contribution in [-0.2, 0) is 10.1 Å². The second kappa shape index (κ2) is 5.79. The van der Waals surface area contributed by atoms with Gasteiger partial charge in [-0.05, 0) is 35.7 Å². The Morgan fingerprint density at radius 3 is 2.35 bits per heavy atom. The van der Waals surface area contributed by atoms with E-state index in [9.17, 15) is 8.42 Å². The van der Waals surface area contributed by atoms with E-state index in [1.54, 1.807) is 30.3 Å². The Labute approximate surface area is 133 Å². The first-order chi connectivity index (χ1) is 10.9. The Morgan fingerprint density at radius 2 is 1.65 bits per heavy atom. The van der Waals surface area contributed by atoms with Crippen molar-refractivity contribution >= 4 is 38.0 Å². The fraction of sp³-hybridized carbons (Fsp3) is 0. The molecule has 0 aliphatic rings. The third-order valence-corrected chi connectivity index (χ3v) is 4.16. The van der Waals surface area contributed by atoms with E-state index in [2.05, 4.69) is 10.2 Å². The number of rotatable bonds is 3. The minimum Gasteiger partial charge on any atom is -0.397 e. The van der Waals surface area contributed by atoms with Crippen molar-refractivity contribution in [1.82, 2.24) is 0 Å². The molecule has 0 spiro atoms. The molecule has 3 aromatic rings. The number of benzene rings is 3. The van der Waals surface area contributed by atoms with E-state index in [-0.39, 0.29) is 4.90 Å². The quantitative estimate of drug-likeness (QED) is 0.429. The van der Waals surface area contributed by atoms with E-state index in [0.717, 1.165) is 0 Å². The minimum absolute atomic E-state index is 0.180. The Kier molecular flexibility index (Phi) is 3.81. The highest BCUT2D eigenvalue weighted by atomic mass is 32.2. The Bertz CT molecular complexity index is 1000. The number of hydrogen-bond acceptors (Lipinski definition) is 5. The van der Waals surface area contributed by atoms with Crippen LogP contribution in [0.5, 0.6) is 0 Å². The SMILES string of the molecule is Nc1ccc2cc(S(=O)(=O)O)ccc2c1N=Nc1ccccc1. The summed E-state index contributed by atoms with van der Waals surface area (Å²) in [5, 5.41) is 9.56. The molecule has 0 bridgehead atoms. The van der Waals surface area contributed by atoms with Gasteiger partial charge in [0.1, 0.15) is 5.69 Å². The number of nitrogens with two attached hydrogens (primary N) is 1. The van der Waals surface area contributed by atoms with Gasteiger partial charge in [0.15, 0.2) is 0 Å². The third-order valence-electron chi connectivity index (χ3n) is 3.31. The van der Waals surface area contributed by atoms with Gasteiger partial charge in [0, 0.05) is 5.39 Å². The number of hydrogen-bond donors (Lipinski definition) is 2. The number of nitrogen functional groups attached to an aromatic ring is 1. The Hall–Kier alpha value is -2.77. The predicted octanol–water partition coefficient (Wildman–Crippen LogP) is 4.08. The molecule has 3 N–H and O–H groups in total. The minimum atomic E-state index is -4.26. The summed E-state index contributed by atoms with van der Waals surface area (Å²) >= 11 is 0. The molecule has 0 unspecified atom stereocenters. The highest BCUT2D eigenvalue weighted by molar-refractivity contribution is 7.85. The van der Waals surface area contributed by atoms with Gasteiger partial charge >= 0.3 is 0 Å². The maximum atomic E-state index is 11.2. The number of azo groups is 1. The van der Waals surface area contributed by atoms with Crippen LogP contribution < -0.4 is 5.73 Å². The lowest BCUT2D eigenvalue weighted by atomic mass is 10.1. The molecule has 0 amide bonds. The maximum Gasteiger partial charge on any atom is 0.294 e. The molecule has 0 saturated heterocycles. The van der Waals surface area contributed by atoms with Crippen LogP contribution in [0.2, 0.25) is 0 Å². The van der Waals surface area contributed by atoms with Gasteiger partial charge in [-0.3, -0.25) is 4.55 Å². The van der Waals surface area contributed by atoms with Crippen LogP contribution in [0.1, 0.15) is 0 Å². The molecule has 23 heavy (non-hydrogen) atoms. The second-order valence-corrected chi connectivity index (χ2v) is 6.32. The summed E-state index contributed by atoms with van der Waals surface area (Å²) in [7, 11) is -4.26.